The van der Waals surface area contributed by atoms with Gasteiger partial charge >= 0.3 is 0 Å². The average molecular weight is 269 g/mol. The van der Waals surface area contributed by atoms with E-state index in [1.54, 1.807) is 0 Å². The zero-order valence-electron chi connectivity index (χ0n) is 9.04. The van der Waals surface area contributed by atoms with Crippen LogP contribution >= 0.6 is 15.9 Å². The van der Waals surface area contributed by atoms with Gasteiger partial charge in [-0.05, 0) is 37.6 Å². The number of nitrogens with two attached hydrogens (primary N) is 1. The van der Waals surface area contributed by atoms with Crippen molar-refractivity contribution in [2.45, 2.75) is 24.9 Å². The average Bonchev–Trinajstić information content (AvgIpc) is 2.82. The standard InChI is InChI=1S/C12H17BrN2/c1-15(9-12(14)5-6-12)8-10-3-2-4-11(13)7-10/h2-4,7H,5-6,8-9,14H2,1H3. The molecule has 1 fully saturated rings. The third-order valence-electron chi connectivity index (χ3n) is 2.82. The predicted octanol–water partition coefficient (Wildman–Crippen LogP) is 2.37. The van der Waals surface area contributed by atoms with Crippen molar-refractivity contribution in [3.8, 4) is 0 Å². The van der Waals surface area contributed by atoms with Gasteiger partial charge in [-0.15, -0.1) is 0 Å². The van der Waals surface area contributed by atoms with Crippen LogP contribution in [0.25, 0.3) is 0 Å². The molecular formula is C12H17BrN2. The fraction of sp³-hybridized carbons (Fsp3) is 0.500. The van der Waals surface area contributed by atoms with E-state index in [2.05, 4.69) is 52.1 Å². The normalized spacial score (nSPS) is 18.1. The van der Waals surface area contributed by atoms with Gasteiger partial charge in [-0.25, -0.2) is 0 Å². The number of benzene rings is 1. The second-order valence-corrected chi connectivity index (χ2v) is 5.58. The highest BCUT2D eigenvalue weighted by Gasteiger charge is 2.38. The van der Waals surface area contributed by atoms with Gasteiger partial charge in [0.15, 0.2) is 0 Å². The van der Waals surface area contributed by atoms with Crippen molar-refractivity contribution >= 4 is 15.9 Å². The zero-order valence-corrected chi connectivity index (χ0v) is 10.6. The Morgan fingerprint density at radius 1 is 1.47 bits per heavy atom. The number of hydrogen-bond donors (Lipinski definition) is 1. The van der Waals surface area contributed by atoms with E-state index in [9.17, 15) is 0 Å². The third kappa shape index (κ3) is 3.30. The van der Waals surface area contributed by atoms with Crippen molar-refractivity contribution < 1.29 is 0 Å². The van der Waals surface area contributed by atoms with Crippen molar-refractivity contribution in [2.24, 2.45) is 5.73 Å². The highest BCUT2D eigenvalue weighted by molar-refractivity contribution is 9.10. The molecule has 0 bridgehead atoms. The molecule has 3 heteroatoms. The molecule has 1 saturated carbocycles. The van der Waals surface area contributed by atoms with E-state index in [1.165, 1.54) is 18.4 Å². The summed E-state index contributed by atoms with van der Waals surface area (Å²) in [5, 5.41) is 0. The fourth-order valence-electron chi connectivity index (χ4n) is 1.86. The molecule has 0 spiro atoms. The van der Waals surface area contributed by atoms with Crippen LogP contribution in [0.4, 0.5) is 0 Å². The topological polar surface area (TPSA) is 29.3 Å². The van der Waals surface area contributed by atoms with Crippen molar-refractivity contribution in [3.05, 3.63) is 34.3 Å². The van der Waals surface area contributed by atoms with Crippen LogP contribution in [-0.4, -0.2) is 24.0 Å². The molecule has 15 heavy (non-hydrogen) atoms. The number of nitrogens with zero attached hydrogens (tertiary/aromatic N) is 1. The quantitative estimate of drug-likeness (QED) is 0.909. The number of rotatable bonds is 4. The summed E-state index contributed by atoms with van der Waals surface area (Å²) >= 11 is 3.48. The molecule has 2 rings (SSSR count). The van der Waals surface area contributed by atoms with Gasteiger partial charge in [0.05, 0.1) is 0 Å². The fourth-order valence-corrected chi connectivity index (χ4v) is 2.31. The first-order valence-corrected chi connectivity index (χ1v) is 6.09. The van der Waals surface area contributed by atoms with Crippen LogP contribution in [0.2, 0.25) is 0 Å². The lowest BCUT2D eigenvalue weighted by Crippen LogP contribution is -2.36. The van der Waals surface area contributed by atoms with E-state index >= 15 is 0 Å². The van der Waals surface area contributed by atoms with Crippen LogP contribution in [0.15, 0.2) is 28.7 Å². The van der Waals surface area contributed by atoms with Crippen molar-refractivity contribution in [2.75, 3.05) is 13.6 Å². The Hall–Kier alpha value is -0.380. The van der Waals surface area contributed by atoms with E-state index in [4.69, 9.17) is 5.73 Å². The van der Waals surface area contributed by atoms with Gasteiger partial charge in [0, 0.05) is 23.1 Å². The van der Waals surface area contributed by atoms with E-state index in [-0.39, 0.29) is 5.54 Å². The van der Waals surface area contributed by atoms with Gasteiger partial charge < -0.3 is 10.6 Å². The second kappa shape index (κ2) is 4.24. The maximum absolute atomic E-state index is 6.08. The third-order valence-corrected chi connectivity index (χ3v) is 3.31. The Bertz CT molecular complexity index is 347. The van der Waals surface area contributed by atoms with Crippen LogP contribution < -0.4 is 5.73 Å². The SMILES string of the molecule is CN(Cc1cccc(Br)c1)CC1(N)CC1. The Labute approximate surface area is 99.6 Å². The number of likely N-dealkylation sites (N-methyl/N-ethyl adjacent to an activating group) is 1. The molecule has 0 saturated heterocycles. The predicted molar refractivity (Wildman–Crippen MR) is 66.6 cm³/mol. The summed E-state index contributed by atoms with van der Waals surface area (Å²) in [6, 6.07) is 8.43. The molecule has 0 aliphatic heterocycles. The highest BCUT2D eigenvalue weighted by atomic mass is 79.9. The molecule has 1 aliphatic carbocycles. The summed E-state index contributed by atoms with van der Waals surface area (Å²) < 4.78 is 1.14. The van der Waals surface area contributed by atoms with Crippen LogP contribution in [0.1, 0.15) is 18.4 Å². The number of hydrogen-bond acceptors (Lipinski definition) is 2. The summed E-state index contributed by atoms with van der Waals surface area (Å²) in [5.74, 6) is 0. The lowest BCUT2D eigenvalue weighted by molar-refractivity contribution is 0.295. The summed E-state index contributed by atoms with van der Waals surface area (Å²) in [4.78, 5) is 2.30. The first kappa shape index (κ1) is 11.1. The van der Waals surface area contributed by atoms with Crippen LogP contribution in [0.5, 0.6) is 0 Å². The summed E-state index contributed by atoms with van der Waals surface area (Å²) in [6.07, 6.45) is 2.35. The molecule has 2 nitrogen and oxygen atoms in total. The number of halogens is 1. The molecule has 82 valence electrons. The Morgan fingerprint density at radius 2 is 2.20 bits per heavy atom. The van der Waals surface area contributed by atoms with Crippen LogP contribution in [0, 0.1) is 0 Å². The molecule has 0 unspecified atom stereocenters. The molecule has 0 atom stereocenters. The first-order valence-electron chi connectivity index (χ1n) is 5.29. The van der Waals surface area contributed by atoms with E-state index in [0.717, 1.165) is 17.6 Å². The molecule has 0 heterocycles. The van der Waals surface area contributed by atoms with Gasteiger partial charge in [-0.1, -0.05) is 28.1 Å². The van der Waals surface area contributed by atoms with Crippen LogP contribution in [-0.2, 0) is 6.54 Å². The lowest BCUT2D eigenvalue weighted by atomic mass is 10.2. The minimum atomic E-state index is 0.112. The van der Waals surface area contributed by atoms with E-state index < -0.39 is 0 Å². The molecule has 1 aromatic rings. The molecule has 0 aromatic heterocycles. The summed E-state index contributed by atoms with van der Waals surface area (Å²) in [7, 11) is 2.13. The molecule has 1 aromatic carbocycles. The van der Waals surface area contributed by atoms with Crippen molar-refractivity contribution in [3.63, 3.8) is 0 Å². The Kier molecular flexibility index (Phi) is 3.14. The lowest BCUT2D eigenvalue weighted by Gasteiger charge is -2.20. The van der Waals surface area contributed by atoms with Gasteiger partial charge in [-0.3, -0.25) is 0 Å². The first-order chi connectivity index (χ1) is 7.07. The largest absolute Gasteiger partial charge is 0.324 e. The maximum Gasteiger partial charge on any atom is 0.0284 e. The molecule has 0 radical (unpaired) electrons. The van der Waals surface area contributed by atoms with E-state index in [1.807, 2.05) is 0 Å². The monoisotopic (exact) mass is 268 g/mol. The zero-order chi connectivity index (χ0) is 10.9. The van der Waals surface area contributed by atoms with Gasteiger partial charge in [0.1, 0.15) is 0 Å². The molecular weight excluding hydrogens is 252 g/mol. The highest BCUT2D eigenvalue weighted by Crippen LogP contribution is 2.32. The molecule has 2 N–H and O–H groups in total. The molecule has 0 amide bonds. The second-order valence-electron chi connectivity index (χ2n) is 4.66. The summed E-state index contributed by atoms with van der Waals surface area (Å²) in [5.41, 5.74) is 7.52. The Balaban J connectivity index is 1.90. The van der Waals surface area contributed by atoms with Crippen LogP contribution in [0.3, 0.4) is 0 Å². The van der Waals surface area contributed by atoms with Gasteiger partial charge in [0.2, 0.25) is 0 Å². The maximum atomic E-state index is 6.08. The minimum Gasteiger partial charge on any atom is -0.324 e. The van der Waals surface area contributed by atoms with E-state index in [0.29, 0.717) is 0 Å². The van der Waals surface area contributed by atoms with Crippen molar-refractivity contribution in [1.82, 2.24) is 4.90 Å². The van der Waals surface area contributed by atoms with Gasteiger partial charge in [0.25, 0.3) is 0 Å². The smallest absolute Gasteiger partial charge is 0.0284 e. The molecule has 1 aliphatic rings. The van der Waals surface area contributed by atoms with Gasteiger partial charge in [-0.2, -0.15) is 0 Å². The minimum absolute atomic E-state index is 0.112. The van der Waals surface area contributed by atoms with Crippen molar-refractivity contribution in [1.29, 1.82) is 0 Å². The Morgan fingerprint density at radius 3 is 2.80 bits per heavy atom. The summed E-state index contributed by atoms with van der Waals surface area (Å²) in [6.45, 7) is 1.97.